The van der Waals surface area contributed by atoms with Crippen LogP contribution in [0.15, 0.2) is 73.1 Å². The Kier molecular flexibility index (Phi) is 5.08. The predicted octanol–water partition coefficient (Wildman–Crippen LogP) is 4.24. The van der Waals surface area contributed by atoms with Crippen molar-refractivity contribution in [1.29, 1.82) is 0 Å². The Hall–Kier alpha value is -2.85. The maximum Gasteiger partial charge on any atom is 0.248 e. The molecule has 2 aromatic carbocycles. The third-order valence-corrected chi connectivity index (χ3v) is 3.79. The summed E-state index contributed by atoms with van der Waals surface area (Å²) in [5.41, 5.74) is 2.59. The van der Waals surface area contributed by atoms with Gasteiger partial charge in [0, 0.05) is 17.3 Å². The Bertz CT molecular complexity index is 856. The van der Waals surface area contributed by atoms with E-state index in [1.165, 1.54) is 6.08 Å². The molecule has 0 saturated heterocycles. The smallest absolute Gasteiger partial charge is 0.248 e. The van der Waals surface area contributed by atoms with Crippen molar-refractivity contribution in [3.8, 4) is 0 Å². The number of hydrogen-bond donors (Lipinski definition) is 1. The van der Waals surface area contributed by atoms with Crippen LogP contribution in [0.4, 0.5) is 5.69 Å². The summed E-state index contributed by atoms with van der Waals surface area (Å²) >= 11 is 6.14. The molecular formula is C19H16ClN3O. The van der Waals surface area contributed by atoms with Crippen LogP contribution in [0.5, 0.6) is 0 Å². The molecule has 0 atom stereocenters. The second-order valence-electron chi connectivity index (χ2n) is 5.25. The maximum absolute atomic E-state index is 12.0. The lowest BCUT2D eigenvalue weighted by Crippen LogP contribution is -2.07. The Balaban J connectivity index is 1.61. The average Bonchev–Trinajstić information content (AvgIpc) is 3.03. The van der Waals surface area contributed by atoms with Crippen molar-refractivity contribution in [3.63, 3.8) is 0 Å². The van der Waals surface area contributed by atoms with Gasteiger partial charge in [0.1, 0.15) is 0 Å². The molecule has 1 N–H and O–H groups in total. The Labute approximate surface area is 145 Å². The van der Waals surface area contributed by atoms with Gasteiger partial charge in [0.25, 0.3) is 0 Å². The molecule has 0 unspecified atom stereocenters. The van der Waals surface area contributed by atoms with Gasteiger partial charge < -0.3 is 5.32 Å². The normalized spacial score (nSPS) is 10.9. The van der Waals surface area contributed by atoms with Crippen LogP contribution in [0.3, 0.4) is 0 Å². The molecule has 0 radical (unpaired) electrons. The Morgan fingerprint density at radius 1 is 1.12 bits per heavy atom. The molecule has 0 aliphatic carbocycles. The molecule has 24 heavy (non-hydrogen) atoms. The van der Waals surface area contributed by atoms with Crippen LogP contribution < -0.4 is 5.32 Å². The van der Waals surface area contributed by atoms with Gasteiger partial charge in [-0.2, -0.15) is 5.10 Å². The molecule has 1 heterocycles. The molecule has 0 bridgehead atoms. The van der Waals surface area contributed by atoms with Gasteiger partial charge in [-0.25, -0.2) is 0 Å². The molecule has 120 valence electrons. The molecule has 0 aliphatic heterocycles. The third kappa shape index (κ3) is 4.33. The molecule has 1 amide bonds. The summed E-state index contributed by atoms with van der Waals surface area (Å²) in [5.74, 6) is -0.198. The van der Waals surface area contributed by atoms with Crippen LogP contribution in [0.25, 0.3) is 6.08 Å². The monoisotopic (exact) mass is 337 g/mol. The number of hydrogen-bond acceptors (Lipinski definition) is 2. The van der Waals surface area contributed by atoms with Gasteiger partial charge in [-0.1, -0.05) is 60.1 Å². The lowest BCUT2D eigenvalue weighted by Gasteiger charge is -2.03. The van der Waals surface area contributed by atoms with Crippen LogP contribution in [0, 0.1) is 0 Å². The summed E-state index contributed by atoms with van der Waals surface area (Å²) in [6, 6.07) is 17.3. The Morgan fingerprint density at radius 3 is 2.67 bits per heavy atom. The average molecular weight is 338 g/mol. The largest absolute Gasteiger partial charge is 0.320 e. The molecule has 0 spiro atoms. The number of carbonyl (C=O) groups is 1. The lowest BCUT2D eigenvalue weighted by atomic mass is 10.2. The number of nitrogens with one attached hydrogen (secondary N) is 1. The third-order valence-electron chi connectivity index (χ3n) is 3.42. The fourth-order valence-corrected chi connectivity index (χ4v) is 2.43. The highest BCUT2D eigenvalue weighted by atomic mass is 35.5. The number of carbonyl (C=O) groups excluding carboxylic acids is 1. The standard InChI is InChI=1S/C19H16ClN3O/c20-18-9-5-4-8-16(18)13-23-14-17(12-21-23)22-19(24)11-10-15-6-2-1-3-7-15/h1-12,14H,13H2,(H,22,24)/b11-10+. The van der Waals surface area contributed by atoms with Gasteiger partial charge in [-0.3, -0.25) is 9.48 Å². The zero-order valence-corrected chi connectivity index (χ0v) is 13.6. The van der Waals surface area contributed by atoms with Crippen LogP contribution in [0.2, 0.25) is 5.02 Å². The van der Waals surface area contributed by atoms with E-state index in [0.29, 0.717) is 17.3 Å². The van der Waals surface area contributed by atoms with E-state index in [1.807, 2.05) is 54.6 Å². The summed E-state index contributed by atoms with van der Waals surface area (Å²) < 4.78 is 1.73. The predicted molar refractivity (Wildman–Crippen MR) is 96.9 cm³/mol. The van der Waals surface area contributed by atoms with Crippen molar-refractivity contribution in [2.24, 2.45) is 0 Å². The quantitative estimate of drug-likeness (QED) is 0.708. The molecule has 3 rings (SSSR count). The molecule has 5 heteroatoms. The van der Waals surface area contributed by atoms with Gasteiger partial charge in [0.05, 0.1) is 18.4 Å². The van der Waals surface area contributed by atoms with E-state index in [0.717, 1.165) is 11.1 Å². The van der Waals surface area contributed by atoms with E-state index in [9.17, 15) is 4.79 Å². The minimum Gasteiger partial charge on any atom is -0.320 e. The van der Waals surface area contributed by atoms with E-state index in [-0.39, 0.29) is 5.91 Å². The van der Waals surface area contributed by atoms with E-state index >= 15 is 0 Å². The number of rotatable bonds is 5. The fraction of sp³-hybridized carbons (Fsp3) is 0.0526. The second-order valence-corrected chi connectivity index (χ2v) is 5.66. The van der Waals surface area contributed by atoms with Crippen molar-refractivity contribution < 1.29 is 4.79 Å². The van der Waals surface area contributed by atoms with Crippen molar-refractivity contribution in [3.05, 3.63) is 89.2 Å². The number of benzene rings is 2. The number of halogens is 1. The summed E-state index contributed by atoms with van der Waals surface area (Å²) in [5, 5.41) is 7.73. The molecule has 1 aromatic heterocycles. The first kappa shape index (κ1) is 16.0. The van der Waals surface area contributed by atoms with Gasteiger partial charge in [-0.15, -0.1) is 0 Å². The van der Waals surface area contributed by atoms with E-state index in [1.54, 1.807) is 23.2 Å². The highest BCUT2D eigenvalue weighted by Crippen LogP contribution is 2.16. The number of aromatic nitrogens is 2. The van der Waals surface area contributed by atoms with Crippen molar-refractivity contribution in [2.45, 2.75) is 6.54 Å². The summed E-state index contributed by atoms with van der Waals surface area (Å²) in [4.78, 5) is 12.0. The highest BCUT2D eigenvalue weighted by molar-refractivity contribution is 6.31. The topological polar surface area (TPSA) is 46.9 Å². The number of nitrogens with zero attached hydrogens (tertiary/aromatic N) is 2. The van der Waals surface area contributed by atoms with E-state index in [2.05, 4.69) is 10.4 Å². The number of amides is 1. The van der Waals surface area contributed by atoms with Crippen LogP contribution >= 0.6 is 11.6 Å². The molecule has 3 aromatic rings. The second kappa shape index (κ2) is 7.62. The zero-order valence-electron chi connectivity index (χ0n) is 12.9. The summed E-state index contributed by atoms with van der Waals surface area (Å²) in [6.07, 6.45) is 6.66. The molecule has 4 nitrogen and oxygen atoms in total. The molecule has 0 fully saturated rings. The summed E-state index contributed by atoms with van der Waals surface area (Å²) in [6.45, 7) is 0.551. The maximum atomic E-state index is 12.0. The highest BCUT2D eigenvalue weighted by Gasteiger charge is 2.04. The Morgan fingerprint density at radius 2 is 1.88 bits per heavy atom. The van der Waals surface area contributed by atoms with Gasteiger partial charge in [0.15, 0.2) is 0 Å². The van der Waals surface area contributed by atoms with Crippen LogP contribution in [-0.4, -0.2) is 15.7 Å². The number of anilines is 1. The molecular weight excluding hydrogens is 322 g/mol. The van der Waals surface area contributed by atoms with Gasteiger partial charge >= 0.3 is 0 Å². The first-order chi connectivity index (χ1) is 11.7. The molecule has 0 saturated carbocycles. The van der Waals surface area contributed by atoms with Gasteiger partial charge in [-0.05, 0) is 23.3 Å². The van der Waals surface area contributed by atoms with Crippen molar-refractivity contribution in [2.75, 3.05) is 5.32 Å². The van der Waals surface area contributed by atoms with Gasteiger partial charge in [0.2, 0.25) is 5.91 Å². The van der Waals surface area contributed by atoms with E-state index in [4.69, 9.17) is 11.6 Å². The first-order valence-corrected chi connectivity index (χ1v) is 7.88. The first-order valence-electron chi connectivity index (χ1n) is 7.51. The van der Waals surface area contributed by atoms with E-state index < -0.39 is 0 Å². The van der Waals surface area contributed by atoms with Crippen LogP contribution in [0.1, 0.15) is 11.1 Å². The minimum atomic E-state index is -0.198. The fourth-order valence-electron chi connectivity index (χ4n) is 2.24. The van der Waals surface area contributed by atoms with Crippen molar-refractivity contribution in [1.82, 2.24) is 9.78 Å². The zero-order chi connectivity index (χ0) is 16.8. The van der Waals surface area contributed by atoms with Crippen molar-refractivity contribution >= 4 is 29.3 Å². The van der Waals surface area contributed by atoms with Crippen LogP contribution in [-0.2, 0) is 11.3 Å². The molecule has 0 aliphatic rings. The minimum absolute atomic E-state index is 0.198. The summed E-state index contributed by atoms with van der Waals surface area (Å²) in [7, 11) is 0. The lowest BCUT2D eigenvalue weighted by molar-refractivity contribution is -0.111. The SMILES string of the molecule is O=C(/C=C/c1ccccc1)Nc1cnn(Cc2ccccc2Cl)c1.